The van der Waals surface area contributed by atoms with Crippen molar-refractivity contribution in [1.29, 1.82) is 0 Å². The molecule has 43 heavy (non-hydrogen) atoms. The summed E-state index contributed by atoms with van der Waals surface area (Å²) in [7, 11) is 1.44. The van der Waals surface area contributed by atoms with Crippen LogP contribution in [0.1, 0.15) is 79.6 Å². The monoisotopic (exact) mass is 608 g/mol. The first-order valence-electron chi connectivity index (χ1n) is 16.5. The topological polar surface area (TPSA) is 149 Å². The molecule has 0 aromatic rings. The van der Waals surface area contributed by atoms with E-state index in [1.807, 2.05) is 0 Å². The van der Waals surface area contributed by atoms with Crippen molar-refractivity contribution in [2.75, 3.05) is 13.7 Å². The van der Waals surface area contributed by atoms with Crippen LogP contribution in [0.15, 0.2) is 23.3 Å². The molecule has 0 spiro atoms. The fourth-order valence-corrected chi connectivity index (χ4v) is 9.90. The Morgan fingerprint density at radius 3 is 2.42 bits per heavy atom. The summed E-state index contributed by atoms with van der Waals surface area (Å²) in [5, 5.41) is 64.7. The molecule has 4 fully saturated rings. The van der Waals surface area contributed by atoms with E-state index in [4.69, 9.17) is 14.2 Å². The van der Waals surface area contributed by atoms with Crippen LogP contribution in [0.2, 0.25) is 0 Å². The minimum absolute atomic E-state index is 0.0148. The van der Waals surface area contributed by atoms with Crippen molar-refractivity contribution < 1.29 is 44.8 Å². The lowest BCUT2D eigenvalue weighted by molar-refractivity contribution is -0.212. The van der Waals surface area contributed by atoms with E-state index in [9.17, 15) is 30.6 Å². The number of ether oxygens (including phenoxy) is 3. The molecular weight excluding hydrogens is 552 g/mol. The van der Waals surface area contributed by atoms with Crippen LogP contribution in [-0.2, 0) is 14.2 Å². The molecule has 5 aliphatic rings. The molecule has 0 radical (unpaired) electrons. The van der Waals surface area contributed by atoms with Crippen LogP contribution in [0.5, 0.6) is 0 Å². The molecule has 0 aromatic carbocycles. The molecule has 0 bridgehead atoms. The Morgan fingerprint density at radius 1 is 1.05 bits per heavy atom. The maximum Gasteiger partial charge on any atom is 0.187 e. The van der Waals surface area contributed by atoms with Crippen LogP contribution >= 0.6 is 0 Å². The second-order valence-electron chi connectivity index (χ2n) is 15.1. The van der Waals surface area contributed by atoms with Crippen LogP contribution in [0.4, 0.5) is 0 Å². The van der Waals surface area contributed by atoms with Crippen LogP contribution < -0.4 is 0 Å². The van der Waals surface area contributed by atoms with Gasteiger partial charge >= 0.3 is 0 Å². The summed E-state index contributed by atoms with van der Waals surface area (Å²) in [6.07, 6.45) is 1.90. The highest BCUT2D eigenvalue weighted by Gasteiger charge is 2.63. The van der Waals surface area contributed by atoms with Gasteiger partial charge in [-0.2, -0.15) is 0 Å². The fraction of sp³-hybridized carbons (Fsp3) is 0.882. The van der Waals surface area contributed by atoms with E-state index in [0.717, 1.165) is 36.8 Å². The van der Waals surface area contributed by atoms with Gasteiger partial charge < -0.3 is 44.8 Å². The van der Waals surface area contributed by atoms with E-state index in [2.05, 4.69) is 46.8 Å². The van der Waals surface area contributed by atoms with Crippen LogP contribution in [0.25, 0.3) is 0 Å². The number of aliphatic hydroxyl groups excluding tert-OH is 6. The Balaban J connectivity index is 1.52. The van der Waals surface area contributed by atoms with Gasteiger partial charge in [0.15, 0.2) is 6.29 Å². The maximum atomic E-state index is 11.7. The third-order valence-corrected chi connectivity index (χ3v) is 12.1. The van der Waals surface area contributed by atoms with E-state index < -0.39 is 55.6 Å². The second-order valence-corrected chi connectivity index (χ2v) is 15.1. The van der Waals surface area contributed by atoms with Gasteiger partial charge in [-0.05, 0) is 85.0 Å². The molecule has 6 N–H and O–H groups in total. The van der Waals surface area contributed by atoms with Gasteiger partial charge in [0.1, 0.15) is 30.5 Å². The molecule has 0 aromatic heterocycles. The van der Waals surface area contributed by atoms with Crippen molar-refractivity contribution in [3.05, 3.63) is 23.3 Å². The lowest BCUT2D eigenvalue weighted by atomic mass is 9.47. The summed E-state index contributed by atoms with van der Waals surface area (Å²) >= 11 is 0. The lowest BCUT2D eigenvalue weighted by Crippen LogP contribution is -2.58. The van der Waals surface area contributed by atoms with Crippen LogP contribution in [0, 0.1) is 40.4 Å². The molecule has 3 saturated carbocycles. The van der Waals surface area contributed by atoms with Crippen molar-refractivity contribution in [2.24, 2.45) is 40.4 Å². The average Bonchev–Trinajstić information content (AvgIpc) is 3.44. The number of fused-ring (bicyclic) bond motifs is 4. The Morgan fingerprint density at radius 2 is 1.77 bits per heavy atom. The minimum Gasteiger partial charge on any atom is -0.394 e. The Kier molecular flexibility index (Phi) is 9.91. The minimum atomic E-state index is -1.22. The highest BCUT2D eigenvalue weighted by Crippen LogP contribution is 2.66. The van der Waals surface area contributed by atoms with E-state index in [-0.39, 0.29) is 40.6 Å². The fourth-order valence-electron chi connectivity index (χ4n) is 9.90. The smallest absolute Gasteiger partial charge is 0.187 e. The summed E-state index contributed by atoms with van der Waals surface area (Å²) in [5.41, 5.74) is 1.61. The van der Waals surface area contributed by atoms with Gasteiger partial charge in [-0.25, -0.2) is 0 Å². The Labute approximate surface area is 256 Å². The van der Waals surface area contributed by atoms with Gasteiger partial charge in [0.25, 0.3) is 0 Å². The molecule has 0 amide bonds. The van der Waals surface area contributed by atoms with Gasteiger partial charge in [-0.1, -0.05) is 52.3 Å². The van der Waals surface area contributed by atoms with Gasteiger partial charge in [-0.15, -0.1) is 0 Å². The SMILES string of the molecule is COC1C(O)C(OC2CC3=C4C(O)C(O)C5CC(O)CCC5(C)C4CCC3(C)C2C(C)C=CCC(C)C)OC1C(O)CO. The average molecular weight is 609 g/mol. The van der Waals surface area contributed by atoms with Crippen molar-refractivity contribution in [3.8, 4) is 0 Å². The van der Waals surface area contributed by atoms with Crippen molar-refractivity contribution in [1.82, 2.24) is 0 Å². The molecule has 4 aliphatic carbocycles. The van der Waals surface area contributed by atoms with Crippen LogP contribution in [-0.4, -0.2) is 99.5 Å². The zero-order valence-electron chi connectivity index (χ0n) is 26.8. The van der Waals surface area contributed by atoms with Crippen molar-refractivity contribution in [2.45, 2.75) is 135 Å². The van der Waals surface area contributed by atoms with E-state index in [1.165, 1.54) is 7.11 Å². The summed E-state index contributed by atoms with van der Waals surface area (Å²) in [6.45, 7) is 10.6. The van der Waals surface area contributed by atoms with Crippen molar-refractivity contribution in [3.63, 3.8) is 0 Å². The first-order chi connectivity index (χ1) is 20.3. The molecule has 1 aliphatic heterocycles. The number of hydrogen-bond donors (Lipinski definition) is 6. The molecule has 15 unspecified atom stereocenters. The highest BCUT2D eigenvalue weighted by atomic mass is 16.7. The number of methoxy groups -OCH3 is 1. The summed E-state index contributed by atoms with van der Waals surface area (Å²) < 4.78 is 18.1. The number of rotatable bonds is 9. The first-order valence-corrected chi connectivity index (χ1v) is 16.5. The molecule has 246 valence electrons. The molecule has 1 saturated heterocycles. The molecule has 5 rings (SSSR count). The molecule has 15 atom stereocenters. The quantitative estimate of drug-likeness (QED) is 0.217. The summed E-state index contributed by atoms with van der Waals surface area (Å²) in [6, 6.07) is 0. The molecule has 9 nitrogen and oxygen atoms in total. The predicted octanol–water partition coefficient (Wildman–Crippen LogP) is 2.70. The van der Waals surface area contributed by atoms with Gasteiger partial charge in [0, 0.05) is 13.0 Å². The number of hydrogen-bond acceptors (Lipinski definition) is 9. The normalized spacial score (nSPS) is 48.0. The Hall–Kier alpha value is -0.880. The first kappa shape index (κ1) is 33.5. The second kappa shape index (κ2) is 12.7. The predicted molar refractivity (Wildman–Crippen MR) is 161 cm³/mol. The molecule has 1 heterocycles. The van der Waals surface area contributed by atoms with E-state index >= 15 is 0 Å². The van der Waals surface area contributed by atoms with Crippen molar-refractivity contribution >= 4 is 0 Å². The largest absolute Gasteiger partial charge is 0.394 e. The summed E-state index contributed by atoms with van der Waals surface area (Å²) in [5.74, 6) is 0.633. The number of aliphatic hydroxyl groups is 6. The zero-order chi connectivity index (χ0) is 31.4. The third-order valence-electron chi connectivity index (χ3n) is 12.1. The van der Waals surface area contributed by atoms with E-state index in [1.54, 1.807) is 0 Å². The standard InChI is InChI=1S/C34H56O9/c1-17(2)8-7-9-18(3)26-24(42-32-29(40)31(41-6)30(43-32)23(37)16-35)15-21-25-20(11-13-34(21,26)5)33(4)12-10-19(36)14-22(33)27(38)28(25)39/h7,9,17-20,22-24,26-32,35-40H,8,10-16H2,1-6H3. The highest BCUT2D eigenvalue weighted by molar-refractivity contribution is 5.40. The Bertz CT molecular complexity index is 1040. The zero-order valence-corrected chi connectivity index (χ0v) is 26.8. The van der Waals surface area contributed by atoms with Gasteiger partial charge in [0.05, 0.1) is 24.9 Å². The lowest BCUT2D eigenvalue weighted by Gasteiger charge is -2.59. The molecule has 9 heteroatoms. The van der Waals surface area contributed by atoms with E-state index in [0.29, 0.717) is 25.2 Å². The molecular formula is C34H56O9. The van der Waals surface area contributed by atoms with Gasteiger partial charge in [0.2, 0.25) is 0 Å². The number of allylic oxidation sites excluding steroid dienone is 2. The maximum absolute atomic E-state index is 11.7. The summed E-state index contributed by atoms with van der Waals surface area (Å²) in [4.78, 5) is 0. The third kappa shape index (κ3) is 5.69. The van der Waals surface area contributed by atoms with Crippen LogP contribution in [0.3, 0.4) is 0 Å². The van der Waals surface area contributed by atoms with Gasteiger partial charge in [-0.3, -0.25) is 0 Å².